The smallest absolute Gasteiger partial charge is 0.293 e. The Bertz CT molecular complexity index is 1070. The first kappa shape index (κ1) is 18.2. The predicted octanol–water partition coefficient (Wildman–Crippen LogP) is 3.35. The molecular weight excluding hydrogens is 379 g/mol. The lowest BCUT2D eigenvalue weighted by Gasteiger charge is -2.12. The highest BCUT2D eigenvalue weighted by molar-refractivity contribution is 6.33. The van der Waals surface area contributed by atoms with Crippen molar-refractivity contribution < 1.29 is 9.53 Å². The number of carbonyl (C=O) groups is 1. The van der Waals surface area contributed by atoms with Gasteiger partial charge in [0.25, 0.3) is 5.56 Å². The van der Waals surface area contributed by atoms with E-state index >= 15 is 0 Å². The number of Topliss-reactive ketones (excluding diaryl/α,β-unsaturated/α-hetero) is 1. The van der Waals surface area contributed by atoms with Crippen LogP contribution in [0.4, 0.5) is 11.5 Å². The lowest BCUT2D eigenvalue weighted by atomic mass is 10.2. The number of benzene rings is 1. The Balaban J connectivity index is 2.01. The Kier molecular flexibility index (Phi) is 5.11. The van der Waals surface area contributed by atoms with Gasteiger partial charge >= 0.3 is 0 Å². The van der Waals surface area contributed by atoms with Gasteiger partial charge in [0.15, 0.2) is 17.4 Å². The van der Waals surface area contributed by atoms with Crippen LogP contribution in [0, 0.1) is 0 Å². The van der Waals surface area contributed by atoms with Crippen molar-refractivity contribution in [3.63, 3.8) is 0 Å². The number of ether oxygens (including phenoxy) is 1. The van der Waals surface area contributed by atoms with Gasteiger partial charge in [0.05, 0.1) is 11.7 Å². The van der Waals surface area contributed by atoms with Crippen molar-refractivity contribution in [2.45, 2.75) is 6.92 Å². The molecule has 26 heavy (non-hydrogen) atoms. The van der Waals surface area contributed by atoms with Gasteiger partial charge in [0.1, 0.15) is 11.6 Å². The van der Waals surface area contributed by atoms with Gasteiger partial charge in [-0.1, -0.05) is 11.6 Å². The third kappa shape index (κ3) is 3.79. The summed E-state index contributed by atoms with van der Waals surface area (Å²) in [4.78, 5) is 31.3. The first-order valence-corrected chi connectivity index (χ1v) is 8.32. The maximum absolute atomic E-state index is 12.3. The number of hydrogen-bond acceptors (Lipinski definition) is 6. The number of pyridine rings is 1. The molecule has 1 aromatic carbocycles. The van der Waals surface area contributed by atoms with Crippen LogP contribution >= 0.6 is 23.2 Å². The molecule has 2 heterocycles. The van der Waals surface area contributed by atoms with Crippen LogP contribution in [0.2, 0.25) is 10.3 Å². The summed E-state index contributed by atoms with van der Waals surface area (Å²) in [5.74, 6) is 0.303. The van der Waals surface area contributed by atoms with Gasteiger partial charge in [-0.2, -0.15) is 4.98 Å². The second-order valence-electron chi connectivity index (χ2n) is 5.60. The van der Waals surface area contributed by atoms with Crippen molar-refractivity contribution in [2.75, 3.05) is 11.9 Å². The van der Waals surface area contributed by atoms with Gasteiger partial charge in [-0.25, -0.2) is 4.98 Å². The molecule has 0 saturated carbocycles. The molecule has 134 valence electrons. The minimum atomic E-state index is -0.315. The van der Waals surface area contributed by atoms with Crippen LogP contribution in [-0.2, 0) is 11.8 Å². The van der Waals surface area contributed by atoms with E-state index in [4.69, 9.17) is 27.9 Å². The van der Waals surface area contributed by atoms with Crippen LogP contribution in [-0.4, -0.2) is 26.9 Å². The molecule has 0 aliphatic carbocycles. The Hall–Kier alpha value is -2.64. The number of carbonyl (C=O) groups excluding carboxylic acids is 1. The number of aryl methyl sites for hydroxylation is 1. The molecule has 3 rings (SSSR count). The van der Waals surface area contributed by atoms with Crippen molar-refractivity contribution in [1.29, 1.82) is 0 Å². The molecule has 0 saturated heterocycles. The minimum absolute atomic E-state index is 0.0694. The summed E-state index contributed by atoms with van der Waals surface area (Å²) < 4.78 is 6.78. The van der Waals surface area contributed by atoms with E-state index in [9.17, 15) is 9.59 Å². The van der Waals surface area contributed by atoms with Crippen molar-refractivity contribution in [3.05, 3.63) is 51.1 Å². The van der Waals surface area contributed by atoms with E-state index in [2.05, 4.69) is 15.3 Å². The second-order valence-corrected chi connectivity index (χ2v) is 6.34. The number of ketones is 1. The summed E-state index contributed by atoms with van der Waals surface area (Å²) >= 11 is 11.9. The standard InChI is InChI=1S/C17H14Cl2N4O3/c1-9(24)8-26-14-6-10-5-11(3-4-13(10)23(2)16(14)25)21-15-12(18)7-20-17(19)22-15/h3-7H,8H2,1-2H3,(H,20,21,22). The minimum Gasteiger partial charge on any atom is -0.480 e. The molecule has 0 spiro atoms. The number of halogens is 2. The monoisotopic (exact) mass is 392 g/mol. The zero-order chi connectivity index (χ0) is 18.8. The zero-order valence-electron chi connectivity index (χ0n) is 13.9. The highest BCUT2D eigenvalue weighted by Crippen LogP contribution is 2.26. The van der Waals surface area contributed by atoms with Crippen LogP contribution in [0.3, 0.4) is 0 Å². The Labute approximate surface area is 158 Å². The summed E-state index contributed by atoms with van der Waals surface area (Å²) in [5.41, 5.74) is 1.08. The fourth-order valence-corrected chi connectivity index (χ4v) is 2.66. The molecule has 0 unspecified atom stereocenters. The quantitative estimate of drug-likeness (QED) is 0.670. The molecule has 3 aromatic rings. The molecule has 0 fully saturated rings. The lowest BCUT2D eigenvalue weighted by molar-refractivity contribution is -0.118. The molecule has 9 heteroatoms. The average Bonchev–Trinajstić information content (AvgIpc) is 2.60. The fourth-order valence-electron chi connectivity index (χ4n) is 2.38. The Morgan fingerprint density at radius 1 is 1.31 bits per heavy atom. The van der Waals surface area contributed by atoms with Crippen molar-refractivity contribution in [2.24, 2.45) is 7.05 Å². The predicted molar refractivity (Wildman–Crippen MR) is 101 cm³/mol. The van der Waals surface area contributed by atoms with Crippen LogP contribution in [0.25, 0.3) is 10.9 Å². The average molecular weight is 393 g/mol. The molecule has 0 aliphatic heterocycles. The van der Waals surface area contributed by atoms with E-state index in [1.54, 1.807) is 25.2 Å². The SMILES string of the molecule is CC(=O)COc1cc2cc(Nc3nc(Cl)ncc3Cl)ccc2n(C)c1=O. The van der Waals surface area contributed by atoms with Gasteiger partial charge in [-0.3, -0.25) is 9.59 Å². The fraction of sp³-hybridized carbons (Fsp3) is 0.176. The maximum Gasteiger partial charge on any atom is 0.293 e. The van der Waals surface area contributed by atoms with E-state index in [0.717, 1.165) is 5.39 Å². The summed E-state index contributed by atoms with van der Waals surface area (Å²) in [6.07, 6.45) is 1.40. The molecule has 2 aromatic heterocycles. The van der Waals surface area contributed by atoms with E-state index in [-0.39, 0.29) is 29.0 Å². The van der Waals surface area contributed by atoms with Crippen LogP contribution in [0.5, 0.6) is 5.75 Å². The number of rotatable bonds is 5. The third-order valence-electron chi connectivity index (χ3n) is 3.60. The summed E-state index contributed by atoms with van der Waals surface area (Å²) in [6, 6.07) is 6.97. The molecule has 0 aliphatic rings. The van der Waals surface area contributed by atoms with Crippen LogP contribution in [0.15, 0.2) is 35.3 Å². The van der Waals surface area contributed by atoms with E-state index in [0.29, 0.717) is 22.0 Å². The first-order chi connectivity index (χ1) is 12.3. The molecule has 0 bridgehead atoms. The van der Waals surface area contributed by atoms with Gasteiger partial charge in [0.2, 0.25) is 5.28 Å². The van der Waals surface area contributed by atoms with Gasteiger partial charge < -0.3 is 14.6 Å². The molecule has 0 atom stereocenters. The largest absolute Gasteiger partial charge is 0.480 e. The van der Waals surface area contributed by atoms with Gasteiger partial charge in [0, 0.05) is 18.1 Å². The highest BCUT2D eigenvalue weighted by Gasteiger charge is 2.11. The van der Waals surface area contributed by atoms with Gasteiger partial charge in [-0.15, -0.1) is 0 Å². The van der Waals surface area contributed by atoms with E-state index in [1.807, 2.05) is 6.07 Å². The lowest BCUT2D eigenvalue weighted by Crippen LogP contribution is -2.21. The first-order valence-electron chi connectivity index (χ1n) is 7.56. The van der Waals surface area contributed by atoms with Crippen LogP contribution < -0.4 is 15.6 Å². The second kappa shape index (κ2) is 7.31. The Morgan fingerprint density at radius 2 is 2.08 bits per heavy atom. The Morgan fingerprint density at radius 3 is 2.81 bits per heavy atom. The molecule has 1 N–H and O–H groups in total. The van der Waals surface area contributed by atoms with Crippen LogP contribution in [0.1, 0.15) is 6.92 Å². The van der Waals surface area contributed by atoms with Crippen molar-refractivity contribution in [3.8, 4) is 5.75 Å². The zero-order valence-corrected chi connectivity index (χ0v) is 15.4. The van der Waals surface area contributed by atoms with Gasteiger partial charge in [-0.05, 0) is 42.8 Å². The maximum atomic E-state index is 12.3. The summed E-state index contributed by atoms with van der Waals surface area (Å²) in [5, 5.41) is 4.19. The number of aromatic nitrogens is 3. The molecule has 7 nitrogen and oxygen atoms in total. The summed E-state index contributed by atoms with van der Waals surface area (Å²) in [7, 11) is 1.64. The number of nitrogens with one attached hydrogen (secondary N) is 1. The topological polar surface area (TPSA) is 86.1 Å². The normalized spacial score (nSPS) is 10.8. The molecule has 0 amide bonds. The number of fused-ring (bicyclic) bond motifs is 1. The van der Waals surface area contributed by atoms with E-state index < -0.39 is 0 Å². The summed E-state index contributed by atoms with van der Waals surface area (Å²) in [6.45, 7) is 1.23. The third-order valence-corrected chi connectivity index (χ3v) is 4.06. The van der Waals surface area contributed by atoms with Crippen molar-refractivity contribution in [1.82, 2.24) is 14.5 Å². The molecule has 0 radical (unpaired) electrons. The number of anilines is 2. The number of hydrogen-bond donors (Lipinski definition) is 1. The highest BCUT2D eigenvalue weighted by atomic mass is 35.5. The van der Waals surface area contributed by atoms with E-state index in [1.165, 1.54) is 17.7 Å². The van der Waals surface area contributed by atoms with Crippen molar-refractivity contribution >= 4 is 51.4 Å². The number of nitrogens with zero attached hydrogens (tertiary/aromatic N) is 3. The molecular formula is C17H14Cl2N4O3.